The molecule has 0 aromatic heterocycles. The molecule has 1 aliphatic rings. The third-order valence-electron chi connectivity index (χ3n) is 3.03. The van der Waals surface area contributed by atoms with Crippen LogP contribution in [0.4, 0.5) is 5.69 Å². The second-order valence-corrected chi connectivity index (χ2v) is 6.69. The van der Waals surface area contributed by atoms with Crippen LogP contribution in [0.25, 0.3) is 0 Å². The van der Waals surface area contributed by atoms with Crippen LogP contribution in [-0.2, 0) is 0 Å². The maximum Gasteiger partial charge on any atom is 0.0340 e. The number of nitrogens with zero attached hydrogens (tertiary/aromatic N) is 1. The fraction of sp³-hybridized carbons (Fsp3) is 0.571. The zero-order valence-corrected chi connectivity index (χ0v) is 11.5. The van der Waals surface area contributed by atoms with Crippen LogP contribution in [0.5, 0.6) is 0 Å². The molecular formula is C14H22N2S. The molecule has 94 valence electrons. The van der Waals surface area contributed by atoms with E-state index in [0.717, 1.165) is 23.6 Å². The maximum absolute atomic E-state index is 3.47. The van der Waals surface area contributed by atoms with Gasteiger partial charge in [-0.05, 0) is 12.1 Å². The van der Waals surface area contributed by atoms with E-state index in [0.29, 0.717) is 0 Å². The second-order valence-electron chi connectivity index (χ2n) is 4.81. The first kappa shape index (κ1) is 12.8. The quantitative estimate of drug-likeness (QED) is 0.884. The van der Waals surface area contributed by atoms with E-state index < -0.39 is 0 Å². The average Bonchev–Trinajstić information content (AvgIpc) is 2.29. The molecule has 1 fully saturated rings. The lowest BCUT2D eigenvalue weighted by atomic mass is 10.3. The predicted molar refractivity (Wildman–Crippen MR) is 77.9 cm³/mol. The highest BCUT2D eigenvalue weighted by molar-refractivity contribution is 8.00. The summed E-state index contributed by atoms with van der Waals surface area (Å²) in [5, 5.41) is 5.02. The van der Waals surface area contributed by atoms with Crippen LogP contribution in [0.2, 0.25) is 0 Å². The molecule has 3 heteroatoms. The van der Waals surface area contributed by atoms with Crippen molar-refractivity contribution in [3.8, 4) is 0 Å². The molecule has 1 aromatic carbocycles. The topological polar surface area (TPSA) is 15.3 Å². The van der Waals surface area contributed by atoms with Gasteiger partial charge in [0, 0.05) is 42.4 Å². The van der Waals surface area contributed by atoms with E-state index in [4.69, 9.17) is 0 Å². The Morgan fingerprint density at radius 1 is 1.18 bits per heavy atom. The van der Waals surface area contributed by atoms with Gasteiger partial charge in [0.25, 0.3) is 0 Å². The van der Waals surface area contributed by atoms with Crippen LogP contribution < -0.4 is 5.32 Å². The minimum atomic E-state index is 0.774. The number of nitrogens with one attached hydrogen (secondary N) is 1. The molecule has 0 spiro atoms. The summed E-state index contributed by atoms with van der Waals surface area (Å²) >= 11 is 2.11. The largest absolute Gasteiger partial charge is 0.384 e. The van der Waals surface area contributed by atoms with Gasteiger partial charge in [-0.25, -0.2) is 0 Å². The number of thioether (sulfide) groups is 1. The van der Waals surface area contributed by atoms with Crippen molar-refractivity contribution in [3.63, 3.8) is 0 Å². The molecule has 2 atom stereocenters. The lowest BCUT2D eigenvalue weighted by Gasteiger charge is -2.34. The van der Waals surface area contributed by atoms with Gasteiger partial charge in [-0.15, -0.1) is 0 Å². The third-order valence-corrected chi connectivity index (χ3v) is 4.25. The van der Waals surface area contributed by atoms with Gasteiger partial charge < -0.3 is 5.32 Å². The van der Waals surface area contributed by atoms with Crippen molar-refractivity contribution in [2.75, 3.05) is 31.5 Å². The van der Waals surface area contributed by atoms with Crippen LogP contribution in [0.1, 0.15) is 13.8 Å². The molecular weight excluding hydrogens is 228 g/mol. The van der Waals surface area contributed by atoms with Gasteiger partial charge in [-0.3, -0.25) is 4.90 Å². The van der Waals surface area contributed by atoms with Crippen LogP contribution in [0.15, 0.2) is 30.3 Å². The number of hydrogen-bond donors (Lipinski definition) is 1. The molecule has 1 aliphatic heterocycles. The molecule has 17 heavy (non-hydrogen) atoms. The van der Waals surface area contributed by atoms with Crippen LogP contribution >= 0.6 is 11.8 Å². The molecule has 2 unspecified atom stereocenters. The fourth-order valence-electron chi connectivity index (χ4n) is 2.38. The van der Waals surface area contributed by atoms with E-state index in [1.807, 2.05) is 0 Å². The van der Waals surface area contributed by atoms with Crippen molar-refractivity contribution in [3.05, 3.63) is 30.3 Å². The summed E-state index contributed by atoms with van der Waals surface area (Å²) in [5.41, 5.74) is 1.22. The van der Waals surface area contributed by atoms with Crippen molar-refractivity contribution >= 4 is 17.4 Å². The first-order chi connectivity index (χ1) is 8.24. The Balaban J connectivity index is 1.71. The van der Waals surface area contributed by atoms with E-state index in [9.17, 15) is 0 Å². The third kappa shape index (κ3) is 4.25. The predicted octanol–water partition coefficient (Wildman–Crippen LogP) is 2.92. The zero-order valence-electron chi connectivity index (χ0n) is 10.7. The number of rotatable bonds is 4. The van der Waals surface area contributed by atoms with Gasteiger partial charge in [0.1, 0.15) is 0 Å². The first-order valence-electron chi connectivity index (χ1n) is 6.41. The Morgan fingerprint density at radius 3 is 2.47 bits per heavy atom. The maximum atomic E-state index is 3.47. The molecule has 0 amide bonds. The van der Waals surface area contributed by atoms with Crippen LogP contribution in [0, 0.1) is 0 Å². The summed E-state index contributed by atoms with van der Waals surface area (Å²) in [4.78, 5) is 2.57. The molecule has 0 radical (unpaired) electrons. The summed E-state index contributed by atoms with van der Waals surface area (Å²) in [6, 6.07) is 10.4. The lowest BCUT2D eigenvalue weighted by Crippen LogP contribution is -2.42. The van der Waals surface area contributed by atoms with Gasteiger partial charge in [0.2, 0.25) is 0 Å². The van der Waals surface area contributed by atoms with Crippen molar-refractivity contribution in [1.29, 1.82) is 0 Å². The SMILES string of the molecule is CC1CN(CCNc2ccccc2)CC(C)S1. The number of benzene rings is 1. The molecule has 2 rings (SSSR count). The summed E-state index contributed by atoms with van der Waals surface area (Å²) in [6.07, 6.45) is 0. The van der Waals surface area contributed by atoms with Gasteiger partial charge in [0.15, 0.2) is 0 Å². The van der Waals surface area contributed by atoms with Crippen LogP contribution in [0.3, 0.4) is 0 Å². The summed E-state index contributed by atoms with van der Waals surface area (Å²) in [6.45, 7) is 9.30. The fourth-order valence-corrected chi connectivity index (χ4v) is 3.77. The second kappa shape index (κ2) is 6.31. The average molecular weight is 250 g/mol. The molecule has 0 bridgehead atoms. The highest BCUT2D eigenvalue weighted by Gasteiger charge is 2.21. The summed E-state index contributed by atoms with van der Waals surface area (Å²) in [7, 11) is 0. The minimum absolute atomic E-state index is 0.774. The molecule has 1 heterocycles. The van der Waals surface area contributed by atoms with Gasteiger partial charge in [-0.2, -0.15) is 11.8 Å². The van der Waals surface area contributed by atoms with E-state index in [1.165, 1.54) is 18.8 Å². The van der Waals surface area contributed by atoms with E-state index in [2.05, 4.69) is 66.2 Å². The summed E-state index contributed by atoms with van der Waals surface area (Å²) < 4.78 is 0. The highest BCUT2D eigenvalue weighted by Crippen LogP contribution is 2.24. The monoisotopic (exact) mass is 250 g/mol. The van der Waals surface area contributed by atoms with Gasteiger partial charge >= 0.3 is 0 Å². The standard InChI is InChI=1S/C14H22N2S/c1-12-10-16(11-13(2)17-12)9-8-15-14-6-4-3-5-7-14/h3-7,12-13,15H,8-11H2,1-2H3. The summed E-state index contributed by atoms with van der Waals surface area (Å²) in [5.74, 6) is 0. The minimum Gasteiger partial charge on any atom is -0.384 e. The van der Waals surface area contributed by atoms with Crippen molar-refractivity contribution < 1.29 is 0 Å². The van der Waals surface area contributed by atoms with E-state index >= 15 is 0 Å². The molecule has 1 N–H and O–H groups in total. The number of hydrogen-bond acceptors (Lipinski definition) is 3. The van der Waals surface area contributed by atoms with Crippen molar-refractivity contribution in [2.24, 2.45) is 0 Å². The molecule has 1 aromatic rings. The van der Waals surface area contributed by atoms with E-state index in [-0.39, 0.29) is 0 Å². The Kier molecular flexibility index (Phi) is 4.75. The molecule has 2 nitrogen and oxygen atoms in total. The van der Waals surface area contributed by atoms with Crippen molar-refractivity contribution in [1.82, 2.24) is 4.90 Å². The first-order valence-corrected chi connectivity index (χ1v) is 7.35. The Bertz CT molecular complexity index is 318. The zero-order chi connectivity index (χ0) is 12.1. The smallest absolute Gasteiger partial charge is 0.0340 e. The lowest BCUT2D eigenvalue weighted by molar-refractivity contribution is 0.281. The number of anilines is 1. The van der Waals surface area contributed by atoms with Gasteiger partial charge in [0.05, 0.1) is 0 Å². The van der Waals surface area contributed by atoms with E-state index in [1.54, 1.807) is 0 Å². The molecule has 0 aliphatic carbocycles. The normalized spacial score (nSPS) is 25.8. The highest BCUT2D eigenvalue weighted by atomic mass is 32.2. The molecule has 1 saturated heterocycles. The Labute approximate surface area is 109 Å². The Morgan fingerprint density at radius 2 is 1.82 bits per heavy atom. The Hall–Kier alpha value is -0.670. The van der Waals surface area contributed by atoms with Crippen molar-refractivity contribution in [2.45, 2.75) is 24.3 Å². The molecule has 0 saturated carbocycles. The number of para-hydroxylation sites is 1. The van der Waals surface area contributed by atoms with Crippen LogP contribution in [-0.4, -0.2) is 41.6 Å². The van der Waals surface area contributed by atoms with Gasteiger partial charge in [-0.1, -0.05) is 32.0 Å².